The number of ether oxygens (including phenoxy) is 4. The van der Waals surface area contributed by atoms with Crippen molar-refractivity contribution >= 4 is 5.91 Å². The summed E-state index contributed by atoms with van der Waals surface area (Å²) in [7, 11) is 0. The Bertz CT molecular complexity index is 1780. The fourth-order valence-corrected chi connectivity index (χ4v) is 11.2. The summed E-state index contributed by atoms with van der Waals surface area (Å²) in [4.78, 5) is 13.3. The largest absolute Gasteiger partial charge is 0.394 e. The number of hydrogen-bond acceptors (Lipinski definition) is 13. The Kier molecular flexibility index (Phi) is 52.7. The minimum Gasteiger partial charge on any atom is -0.394 e. The molecular weight excluding hydrogens is 1100 g/mol. The van der Waals surface area contributed by atoms with Crippen LogP contribution in [-0.2, 0) is 23.7 Å². The Morgan fingerprint density at radius 3 is 1.26 bits per heavy atom. The molecule has 0 aromatic carbocycles. The molecule has 2 aliphatic heterocycles. The van der Waals surface area contributed by atoms with Crippen LogP contribution in [0.5, 0.6) is 0 Å². The van der Waals surface area contributed by atoms with Gasteiger partial charge in [0, 0.05) is 6.42 Å². The quantitative estimate of drug-likeness (QED) is 0.0204. The highest BCUT2D eigenvalue weighted by atomic mass is 16.7. The summed E-state index contributed by atoms with van der Waals surface area (Å²) in [5, 5.41) is 87.4. The topological polar surface area (TPSA) is 228 Å². The maximum absolute atomic E-state index is 13.3. The molecule has 2 heterocycles. The van der Waals surface area contributed by atoms with Gasteiger partial charge in [0.1, 0.15) is 48.8 Å². The lowest BCUT2D eigenvalue weighted by Gasteiger charge is -2.46. The average molecular weight is 1230 g/mol. The third kappa shape index (κ3) is 41.3. The summed E-state index contributed by atoms with van der Waals surface area (Å²) in [5.74, 6) is -0.253. The van der Waals surface area contributed by atoms with E-state index in [4.69, 9.17) is 18.9 Å². The van der Waals surface area contributed by atoms with Gasteiger partial charge in [0.25, 0.3) is 0 Å². The monoisotopic (exact) mass is 1230 g/mol. The number of unbranched alkanes of at least 4 members (excludes halogenated alkanes) is 32. The standard InChI is InChI=1S/C73H129NO13/c1-3-5-7-9-11-13-15-17-19-21-23-25-27-29-30-31-32-33-35-37-39-41-43-45-47-49-51-53-55-57-65(78)74-61(60-84-72-70(83)68(81)71(64(59-76)86-72)87-73-69(82)67(80)66(79)63(58-75)85-73)62(77)56-54-52-50-48-46-44-42-40-38-36-34-28-26-24-22-20-18-16-14-12-10-8-6-4-2/h5,7,11,13,17,19,23,25,38,40,46,48,54,56,61-64,66-73,75-77,79-83H,3-4,6,8-10,12,14-16,18,20-22,24,26-37,39,41-45,47,49-53,55,57-60H2,1-2H3,(H,74,78)/b7-5-,13-11-,19-17-,25-23-,40-38+,48-46+,56-54+. The number of aliphatic hydroxyl groups excluding tert-OH is 8. The van der Waals surface area contributed by atoms with E-state index >= 15 is 0 Å². The van der Waals surface area contributed by atoms with Gasteiger partial charge in [-0.2, -0.15) is 0 Å². The van der Waals surface area contributed by atoms with Crippen molar-refractivity contribution in [2.75, 3.05) is 19.8 Å². The number of hydrogen-bond donors (Lipinski definition) is 9. The van der Waals surface area contributed by atoms with E-state index < -0.39 is 86.8 Å². The number of amides is 1. The van der Waals surface area contributed by atoms with Crippen LogP contribution in [0, 0.1) is 0 Å². The maximum Gasteiger partial charge on any atom is 0.220 e. The Hall–Kier alpha value is -2.83. The number of aliphatic hydroxyl groups is 8. The second kappa shape index (κ2) is 57.1. The number of allylic oxidation sites excluding steroid dienone is 13. The van der Waals surface area contributed by atoms with E-state index in [2.05, 4.69) is 92.1 Å². The highest BCUT2D eigenvalue weighted by Crippen LogP contribution is 2.30. The fourth-order valence-electron chi connectivity index (χ4n) is 11.2. The molecule has 2 rings (SSSR count). The van der Waals surface area contributed by atoms with Crippen molar-refractivity contribution in [3.8, 4) is 0 Å². The van der Waals surface area contributed by atoms with Crippen LogP contribution in [0.25, 0.3) is 0 Å². The molecule has 0 aromatic heterocycles. The lowest BCUT2D eigenvalue weighted by molar-refractivity contribution is -0.359. The predicted octanol–water partition coefficient (Wildman–Crippen LogP) is 14.4. The molecular formula is C73H129NO13. The Morgan fingerprint density at radius 1 is 0.425 bits per heavy atom. The van der Waals surface area contributed by atoms with Crippen LogP contribution in [-0.4, -0.2) is 140 Å². The molecule has 12 atom stereocenters. The smallest absolute Gasteiger partial charge is 0.220 e. The third-order valence-electron chi connectivity index (χ3n) is 16.8. The van der Waals surface area contributed by atoms with Crippen LogP contribution < -0.4 is 5.32 Å². The molecule has 1 amide bonds. The molecule has 0 spiro atoms. The second-order valence-corrected chi connectivity index (χ2v) is 24.6. The molecule has 0 saturated carbocycles. The SMILES string of the molecule is CC/C=C\C/C=C\C/C=C\C/C=C\CCCCCCCCCCCCCCCCCCC(=O)NC(COC1OC(CO)C(OC2OC(CO)C(O)C(O)C2O)C(O)C1O)C(O)/C=C/CC/C=C/CC/C=C/CCCCCCCCCCCCCCCC. The number of carbonyl (C=O) groups is 1. The highest BCUT2D eigenvalue weighted by molar-refractivity contribution is 5.76. The van der Waals surface area contributed by atoms with E-state index in [0.29, 0.717) is 12.8 Å². The van der Waals surface area contributed by atoms with Gasteiger partial charge in [0.15, 0.2) is 12.6 Å². The van der Waals surface area contributed by atoms with E-state index in [1.807, 2.05) is 6.08 Å². The Morgan fingerprint density at radius 2 is 0.805 bits per heavy atom. The third-order valence-corrected chi connectivity index (χ3v) is 16.8. The van der Waals surface area contributed by atoms with Gasteiger partial charge in [-0.05, 0) is 83.5 Å². The second-order valence-electron chi connectivity index (χ2n) is 24.6. The van der Waals surface area contributed by atoms with E-state index in [9.17, 15) is 45.6 Å². The molecule has 2 saturated heterocycles. The zero-order valence-corrected chi connectivity index (χ0v) is 54.7. The Labute approximate surface area is 529 Å². The van der Waals surface area contributed by atoms with Crippen molar-refractivity contribution in [3.63, 3.8) is 0 Å². The molecule has 504 valence electrons. The first-order chi connectivity index (χ1) is 42.6. The van der Waals surface area contributed by atoms with Gasteiger partial charge in [0.2, 0.25) is 5.91 Å². The van der Waals surface area contributed by atoms with Crippen molar-refractivity contribution in [3.05, 3.63) is 85.1 Å². The minimum absolute atomic E-state index is 0.253. The van der Waals surface area contributed by atoms with Gasteiger partial charge in [-0.1, -0.05) is 272 Å². The average Bonchev–Trinajstić information content (AvgIpc) is 1.55. The fraction of sp³-hybridized carbons (Fsp3) is 0.795. The molecule has 0 aromatic rings. The van der Waals surface area contributed by atoms with Crippen molar-refractivity contribution in [1.29, 1.82) is 0 Å². The zero-order valence-electron chi connectivity index (χ0n) is 54.7. The highest BCUT2D eigenvalue weighted by Gasteiger charge is 2.51. The molecule has 12 unspecified atom stereocenters. The Balaban J connectivity index is 1.70. The molecule has 2 aliphatic rings. The van der Waals surface area contributed by atoms with Crippen LogP contribution in [0.2, 0.25) is 0 Å². The van der Waals surface area contributed by atoms with Crippen molar-refractivity contribution in [2.24, 2.45) is 0 Å². The van der Waals surface area contributed by atoms with Crippen LogP contribution in [0.15, 0.2) is 85.1 Å². The van der Waals surface area contributed by atoms with Crippen LogP contribution in [0.4, 0.5) is 0 Å². The van der Waals surface area contributed by atoms with Crippen molar-refractivity contribution in [2.45, 2.75) is 351 Å². The number of nitrogens with one attached hydrogen (secondary N) is 1. The van der Waals surface area contributed by atoms with E-state index in [-0.39, 0.29) is 18.9 Å². The lowest BCUT2D eigenvalue weighted by Crippen LogP contribution is -2.65. The maximum atomic E-state index is 13.3. The summed E-state index contributed by atoms with van der Waals surface area (Å²) in [5.41, 5.74) is 0. The zero-order chi connectivity index (χ0) is 63.1. The van der Waals surface area contributed by atoms with E-state index in [0.717, 1.165) is 70.6 Å². The first-order valence-corrected chi connectivity index (χ1v) is 35.3. The molecule has 2 fully saturated rings. The summed E-state index contributed by atoms with van der Waals surface area (Å²) < 4.78 is 22.8. The first-order valence-electron chi connectivity index (χ1n) is 35.3. The van der Waals surface area contributed by atoms with Gasteiger partial charge in [0.05, 0.1) is 32.0 Å². The molecule has 87 heavy (non-hydrogen) atoms. The van der Waals surface area contributed by atoms with Crippen LogP contribution in [0.3, 0.4) is 0 Å². The summed E-state index contributed by atoms with van der Waals surface area (Å²) >= 11 is 0. The predicted molar refractivity (Wildman–Crippen MR) is 355 cm³/mol. The van der Waals surface area contributed by atoms with Crippen molar-refractivity contribution in [1.82, 2.24) is 5.32 Å². The van der Waals surface area contributed by atoms with Gasteiger partial charge >= 0.3 is 0 Å². The summed E-state index contributed by atoms with van der Waals surface area (Å²) in [6, 6.07) is -0.943. The van der Waals surface area contributed by atoms with Gasteiger partial charge < -0.3 is 65.1 Å². The molecule has 14 nitrogen and oxygen atoms in total. The first kappa shape index (κ1) is 80.3. The van der Waals surface area contributed by atoms with Gasteiger partial charge in [-0.25, -0.2) is 0 Å². The van der Waals surface area contributed by atoms with Crippen molar-refractivity contribution < 1.29 is 64.6 Å². The summed E-state index contributed by atoms with van der Waals surface area (Å²) in [6.07, 6.45) is 62.1. The number of rotatable bonds is 57. The molecule has 0 bridgehead atoms. The molecule has 14 heteroatoms. The van der Waals surface area contributed by atoms with Crippen LogP contribution >= 0.6 is 0 Å². The van der Waals surface area contributed by atoms with E-state index in [1.165, 1.54) is 173 Å². The minimum atomic E-state index is -1.80. The lowest BCUT2D eigenvalue weighted by atomic mass is 9.97. The molecule has 9 N–H and O–H groups in total. The normalized spacial score (nSPS) is 23.8. The van der Waals surface area contributed by atoms with E-state index in [1.54, 1.807) is 6.08 Å². The number of carbonyl (C=O) groups excluding carboxylic acids is 1. The van der Waals surface area contributed by atoms with Gasteiger partial charge in [-0.3, -0.25) is 4.79 Å². The van der Waals surface area contributed by atoms with Crippen LogP contribution in [0.1, 0.15) is 277 Å². The summed E-state index contributed by atoms with van der Waals surface area (Å²) in [6.45, 7) is 2.69. The van der Waals surface area contributed by atoms with Gasteiger partial charge in [-0.15, -0.1) is 0 Å². The molecule has 0 aliphatic carbocycles. The molecule has 0 radical (unpaired) electrons.